The molecule has 2 heterocycles. The zero-order valence-electron chi connectivity index (χ0n) is 21.6. The molecule has 36 heavy (non-hydrogen) atoms. The van der Waals surface area contributed by atoms with Gasteiger partial charge in [0.25, 0.3) is 0 Å². The lowest BCUT2D eigenvalue weighted by atomic mass is 9.76. The molecule has 0 amide bonds. The smallest absolute Gasteiger partial charge is 0.237 e. The SMILES string of the molecule is CCCN(Cc1cc(-c2cnc(F)c(NS(C)(=O)=O)c2)ccc1C)c1ncnc2c1CC(C)(C)CC2. The minimum atomic E-state index is -3.63. The molecule has 0 saturated carbocycles. The molecular weight excluding hydrogens is 477 g/mol. The van der Waals surface area contributed by atoms with Crippen LogP contribution in [0.4, 0.5) is 15.9 Å². The number of sulfonamides is 1. The van der Waals surface area contributed by atoms with E-state index in [0.29, 0.717) is 12.1 Å². The molecule has 3 aromatic rings. The van der Waals surface area contributed by atoms with Crippen molar-refractivity contribution in [2.45, 2.75) is 59.9 Å². The van der Waals surface area contributed by atoms with Crippen LogP contribution in [0.3, 0.4) is 0 Å². The van der Waals surface area contributed by atoms with Gasteiger partial charge in [-0.3, -0.25) is 4.72 Å². The minimum absolute atomic E-state index is 0.167. The fraction of sp³-hybridized carbons (Fsp3) is 0.444. The maximum atomic E-state index is 14.1. The van der Waals surface area contributed by atoms with Gasteiger partial charge in [-0.05, 0) is 66.8 Å². The standard InChI is InChI=1S/C27H34FN5O2S/c1-6-11-33(26-22-14-27(3,4)10-9-23(22)30-17-31-26)16-21-12-19(8-7-18(21)2)20-13-24(25(28)29-15-20)32-36(5,34)35/h7-8,12-13,15,17,32H,6,9-11,14,16H2,1-5H3. The highest BCUT2D eigenvalue weighted by Crippen LogP contribution is 2.38. The molecule has 0 aliphatic heterocycles. The van der Waals surface area contributed by atoms with Crippen molar-refractivity contribution in [1.29, 1.82) is 0 Å². The number of benzene rings is 1. The maximum absolute atomic E-state index is 14.1. The van der Waals surface area contributed by atoms with Crippen molar-refractivity contribution in [3.63, 3.8) is 0 Å². The van der Waals surface area contributed by atoms with Crippen LogP contribution in [0, 0.1) is 18.3 Å². The quantitative estimate of drug-likeness (QED) is 0.414. The number of nitrogens with zero attached hydrogens (tertiary/aromatic N) is 4. The van der Waals surface area contributed by atoms with Crippen molar-refractivity contribution < 1.29 is 12.8 Å². The number of aromatic nitrogens is 3. The summed E-state index contributed by atoms with van der Waals surface area (Å²) in [5.41, 5.74) is 6.16. The van der Waals surface area contributed by atoms with Crippen LogP contribution >= 0.6 is 0 Å². The summed E-state index contributed by atoms with van der Waals surface area (Å²) in [7, 11) is -3.63. The molecule has 0 radical (unpaired) electrons. The maximum Gasteiger partial charge on any atom is 0.237 e. The zero-order chi connectivity index (χ0) is 26.1. The lowest BCUT2D eigenvalue weighted by molar-refractivity contribution is 0.311. The Morgan fingerprint density at radius 1 is 1.14 bits per heavy atom. The molecule has 2 aromatic heterocycles. The first-order valence-corrected chi connectivity index (χ1v) is 14.2. The monoisotopic (exact) mass is 511 g/mol. The highest BCUT2D eigenvalue weighted by Gasteiger charge is 2.30. The van der Waals surface area contributed by atoms with Crippen LogP contribution in [0.5, 0.6) is 0 Å². The molecule has 1 aliphatic carbocycles. The lowest BCUT2D eigenvalue weighted by Crippen LogP contribution is -2.30. The van der Waals surface area contributed by atoms with Gasteiger partial charge in [-0.25, -0.2) is 23.4 Å². The van der Waals surface area contributed by atoms with Crippen LogP contribution in [-0.4, -0.2) is 36.2 Å². The summed E-state index contributed by atoms with van der Waals surface area (Å²) < 4.78 is 39.6. The van der Waals surface area contributed by atoms with E-state index < -0.39 is 16.0 Å². The molecular formula is C27H34FN5O2S. The van der Waals surface area contributed by atoms with E-state index in [1.165, 1.54) is 17.8 Å². The normalized spacial score (nSPS) is 14.8. The second-order valence-corrected chi connectivity index (χ2v) is 12.2. The number of halogens is 1. The summed E-state index contributed by atoms with van der Waals surface area (Å²) in [4.78, 5) is 15.4. The molecule has 7 nitrogen and oxygen atoms in total. The Balaban J connectivity index is 1.69. The average molecular weight is 512 g/mol. The molecule has 0 bridgehead atoms. The number of rotatable bonds is 8. The highest BCUT2D eigenvalue weighted by molar-refractivity contribution is 7.92. The Kier molecular flexibility index (Phi) is 7.31. The molecule has 0 spiro atoms. The second-order valence-electron chi connectivity index (χ2n) is 10.5. The van der Waals surface area contributed by atoms with Gasteiger partial charge in [0.15, 0.2) is 0 Å². The average Bonchev–Trinajstić information content (AvgIpc) is 2.80. The van der Waals surface area contributed by atoms with Gasteiger partial charge in [0.2, 0.25) is 16.0 Å². The van der Waals surface area contributed by atoms with E-state index in [-0.39, 0.29) is 11.1 Å². The molecule has 0 saturated heterocycles. The van der Waals surface area contributed by atoms with E-state index in [1.54, 1.807) is 6.33 Å². The number of nitrogens with one attached hydrogen (secondary N) is 1. The van der Waals surface area contributed by atoms with Crippen LogP contribution in [0.2, 0.25) is 0 Å². The van der Waals surface area contributed by atoms with Gasteiger partial charge < -0.3 is 4.90 Å². The summed E-state index contributed by atoms with van der Waals surface area (Å²) in [6.45, 7) is 10.4. The van der Waals surface area contributed by atoms with Crippen molar-refractivity contribution in [3.05, 3.63) is 65.1 Å². The number of pyridine rings is 1. The van der Waals surface area contributed by atoms with Crippen LogP contribution in [0.15, 0.2) is 36.8 Å². The number of fused-ring (bicyclic) bond motifs is 1. The Bertz CT molecular complexity index is 1370. The van der Waals surface area contributed by atoms with E-state index in [1.807, 2.05) is 12.1 Å². The topological polar surface area (TPSA) is 88.1 Å². The summed E-state index contributed by atoms with van der Waals surface area (Å²) in [6.07, 6.45) is 8.10. The summed E-state index contributed by atoms with van der Waals surface area (Å²) in [6, 6.07) is 7.51. The van der Waals surface area contributed by atoms with Crippen LogP contribution in [0.1, 0.15) is 56.0 Å². The predicted molar refractivity (Wildman–Crippen MR) is 142 cm³/mol. The number of anilines is 2. The highest BCUT2D eigenvalue weighted by atomic mass is 32.2. The Hall–Kier alpha value is -3.07. The number of hydrogen-bond donors (Lipinski definition) is 1. The molecule has 1 aliphatic rings. The fourth-order valence-corrected chi connectivity index (χ4v) is 5.31. The van der Waals surface area contributed by atoms with Crippen molar-refractivity contribution in [2.75, 3.05) is 22.4 Å². The van der Waals surface area contributed by atoms with E-state index >= 15 is 0 Å². The van der Waals surface area contributed by atoms with Crippen molar-refractivity contribution in [2.24, 2.45) is 5.41 Å². The van der Waals surface area contributed by atoms with Crippen molar-refractivity contribution in [3.8, 4) is 11.1 Å². The molecule has 1 aromatic carbocycles. The van der Waals surface area contributed by atoms with E-state index in [4.69, 9.17) is 4.98 Å². The Morgan fingerprint density at radius 3 is 2.64 bits per heavy atom. The Morgan fingerprint density at radius 2 is 1.92 bits per heavy atom. The van der Waals surface area contributed by atoms with E-state index in [9.17, 15) is 12.8 Å². The van der Waals surface area contributed by atoms with Gasteiger partial charge in [0, 0.05) is 36.1 Å². The first kappa shape index (κ1) is 26.0. The van der Waals surface area contributed by atoms with Crippen molar-refractivity contribution in [1.82, 2.24) is 15.0 Å². The van der Waals surface area contributed by atoms with E-state index in [0.717, 1.165) is 66.7 Å². The van der Waals surface area contributed by atoms with Gasteiger partial charge in [-0.1, -0.05) is 32.9 Å². The van der Waals surface area contributed by atoms with Gasteiger partial charge in [0.1, 0.15) is 17.8 Å². The number of aryl methyl sites for hydroxylation is 2. The number of hydrogen-bond acceptors (Lipinski definition) is 6. The third-order valence-corrected chi connectivity index (χ3v) is 7.27. The second kappa shape index (κ2) is 10.1. The summed E-state index contributed by atoms with van der Waals surface area (Å²) in [5.74, 6) is 0.143. The molecule has 4 rings (SSSR count). The molecule has 0 unspecified atom stereocenters. The van der Waals surface area contributed by atoms with Crippen molar-refractivity contribution >= 4 is 21.5 Å². The van der Waals surface area contributed by atoms with Crippen LogP contribution in [0.25, 0.3) is 11.1 Å². The van der Waals surface area contributed by atoms with Crippen LogP contribution < -0.4 is 9.62 Å². The fourth-order valence-electron chi connectivity index (χ4n) is 4.76. The van der Waals surface area contributed by atoms with Gasteiger partial charge in [-0.15, -0.1) is 0 Å². The third-order valence-electron chi connectivity index (χ3n) is 6.68. The molecule has 1 N–H and O–H groups in total. The molecule has 0 fully saturated rings. The van der Waals surface area contributed by atoms with Gasteiger partial charge in [-0.2, -0.15) is 4.39 Å². The molecule has 9 heteroatoms. The first-order chi connectivity index (χ1) is 17.0. The molecule has 0 atom stereocenters. The first-order valence-electron chi connectivity index (χ1n) is 12.3. The van der Waals surface area contributed by atoms with E-state index in [2.05, 4.69) is 53.4 Å². The predicted octanol–water partition coefficient (Wildman–Crippen LogP) is 5.29. The zero-order valence-corrected chi connectivity index (χ0v) is 22.4. The minimum Gasteiger partial charge on any atom is -0.352 e. The summed E-state index contributed by atoms with van der Waals surface area (Å²) in [5, 5.41) is 0. The van der Waals surface area contributed by atoms with Gasteiger partial charge >= 0.3 is 0 Å². The molecule has 192 valence electrons. The Labute approximate surface area is 213 Å². The third kappa shape index (κ3) is 6.00. The lowest BCUT2D eigenvalue weighted by Gasteiger charge is -2.34. The largest absolute Gasteiger partial charge is 0.352 e. The van der Waals surface area contributed by atoms with Gasteiger partial charge in [0.05, 0.1) is 6.26 Å². The summed E-state index contributed by atoms with van der Waals surface area (Å²) >= 11 is 0. The van der Waals surface area contributed by atoms with Crippen LogP contribution in [-0.2, 0) is 29.4 Å².